The van der Waals surface area contributed by atoms with E-state index >= 15 is 0 Å². The van der Waals surface area contributed by atoms with Crippen LogP contribution >= 0.6 is 0 Å². The number of aliphatic hydroxyl groups excluding tert-OH is 1. The Hall–Kier alpha value is -9.40. The van der Waals surface area contributed by atoms with Gasteiger partial charge in [0.05, 0.1) is 19.6 Å². The Morgan fingerprint density at radius 2 is 1.10 bits per heavy atom. The molecule has 0 bridgehead atoms. The standard InChI is InChI=1S/C41H58N10O11.C14H16N2O.C2H6O.CH5N/c1-24(2)7-16-34(55)50-33(20-44-25(3)52)41(62)51-32(19-27-10-14-29(54)15-11-27)40(61)47-23-37(58)48-30(6-4-5-17-42)39(60)46-21-35(56)45-22-36(57)49-31(38(43)59)18-26-8-12-28(53)13-9-26;1-4-6-12(5-2)15-14(17)16-13-9-7-11(3)8-10-13;1-2-3;1-2/h8-15,30-33,53-54H,1,4-7,16-23,42H2,2-3H3,(H2,43,59)(H,44,52)(H,45,56)(H,46,60)(H,47,61)(H,48,58)(H,49,57)(H,50,55)(H,51,62);4-10H,1-2H2,3H3,(H2,15,16,17);3H,2H2,1H3;2H2,1H3/b;12-6+;;. The molecule has 4 atom stereocenters. The monoisotopic (exact) mass is 1170 g/mol. The summed E-state index contributed by atoms with van der Waals surface area (Å²) >= 11 is 0. The van der Waals surface area contributed by atoms with Crippen LogP contribution in [0.1, 0.15) is 69.6 Å². The first-order valence-electron chi connectivity index (χ1n) is 26.7. The maximum Gasteiger partial charge on any atom is 0.323 e. The molecule has 0 spiro atoms. The van der Waals surface area contributed by atoms with Crippen LogP contribution in [0.4, 0.5) is 10.5 Å². The Kier molecular flexibility index (Phi) is 38.5. The molecule has 0 aliphatic heterocycles. The van der Waals surface area contributed by atoms with E-state index in [9.17, 15) is 58.2 Å². The largest absolute Gasteiger partial charge is 0.508 e. The van der Waals surface area contributed by atoms with Crippen LogP contribution in [0.2, 0.25) is 0 Å². The van der Waals surface area contributed by atoms with Gasteiger partial charge in [-0.25, -0.2) is 4.79 Å². The number of amides is 11. The Balaban J connectivity index is 0.00000262. The first kappa shape index (κ1) is 74.6. The van der Waals surface area contributed by atoms with Crippen LogP contribution in [-0.2, 0) is 56.0 Å². The number of aryl methyl sites for hydroxylation is 1. The van der Waals surface area contributed by atoms with Gasteiger partial charge in [-0.1, -0.05) is 66.8 Å². The number of benzene rings is 3. The average Bonchev–Trinajstić information content (AvgIpc) is 3.58. The molecule has 0 fully saturated rings. The molecule has 19 N–H and O–H groups in total. The molecule has 0 aliphatic carbocycles. The van der Waals surface area contributed by atoms with Crippen LogP contribution in [0, 0.1) is 6.92 Å². The normalized spacial score (nSPS) is 11.6. The third-order valence-corrected chi connectivity index (χ3v) is 11.0. The molecule has 84 heavy (non-hydrogen) atoms. The minimum absolute atomic E-state index is 0.0136. The highest BCUT2D eigenvalue weighted by molar-refractivity contribution is 5.96. The lowest BCUT2D eigenvalue weighted by Crippen LogP contribution is -2.58. The number of phenols is 2. The minimum Gasteiger partial charge on any atom is -0.508 e. The summed E-state index contributed by atoms with van der Waals surface area (Å²) in [5, 5.41) is 51.8. The lowest BCUT2D eigenvalue weighted by Gasteiger charge is -2.24. The molecule has 0 heterocycles. The van der Waals surface area contributed by atoms with Crippen molar-refractivity contribution < 1.29 is 63.3 Å². The fraction of sp³-hybridized carbons (Fsp3) is 0.379. The van der Waals surface area contributed by atoms with Gasteiger partial charge in [0.25, 0.3) is 0 Å². The Morgan fingerprint density at radius 1 is 0.607 bits per heavy atom. The van der Waals surface area contributed by atoms with Gasteiger partial charge >= 0.3 is 6.03 Å². The zero-order chi connectivity index (χ0) is 63.6. The van der Waals surface area contributed by atoms with E-state index < -0.39 is 97.0 Å². The fourth-order valence-corrected chi connectivity index (χ4v) is 6.78. The van der Waals surface area contributed by atoms with E-state index in [-0.39, 0.29) is 56.4 Å². The van der Waals surface area contributed by atoms with Gasteiger partial charge in [-0.3, -0.25) is 43.2 Å². The number of anilines is 1. The molecule has 4 unspecified atom stereocenters. The molecule has 0 radical (unpaired) electrons. The van der Waals surface area contributed by atoms with Gasteiger partial charge in [-0.05, 0) is 120 Å². The van der Waals surface area contributed by atoms with Crippen molar-refractivity contribution in [3.05, 3.63) is 139 Å². The van der Waals surface area contributed by atoms with E-state index in [1.54, 1.807) is 44.2 Å². The zero-order valence-corrected chi connectivity index (χ0v) is 48.4. The van der Waals surface area contributed by atoms with Crippen LogP contribution < -0.4 is 70.4 Å². The number of hydrogen-bond acceptors (Lipinski definition) is 15. The van der Waals surface area contributed by atoms with Gasteiger partial charge in [0.1, 0.15) is 35.7 Å². The highest BCUT2D eigenvalue weighted by Crippen LogP contribution is 2.14. The number of aliphatic hydroxyl groups is 1. The summed E-state index contributed by atoms with van der Waals surface area (Å²) in [5.41, 5.74) is 19.9. The summed E-state index contributed by atoms with van der Waals surface area (Å²) in [4.78, 5) is 126. The molecule has 0 aliphatic rings. The van der Waals surface area contributed by atoms with Gasteiger partial charge in [-0.2, -0.15) is 0 Å². The maximum atomic E-state index is 13.5. The van der Waals surface area contributed by atoms with Gasteiger partial charge in [0, 0.05) is 50.7 Å². The second-order valence-corrected chi connectivity index (χ2v) is 18.3. The lowest BCUT2D eigenvalue weighted by molar-refractivity contribution is -0.133. The average molecular weight is 1170 g/mol. The van der Waals surface area contributed by atoms with Crippen LogP contribution in [0.15, 0.2) is 122 Å². The lowest BCUT2D eigenvalue weighted by atomic mass is 10.0. The fourth-order valence-electron chi connectivity index (χ4n) is 6.78. The van der Waals surface area contributed by atoms with Crippen molar-refractivity contribution in [3.8, 4) is 11.5 Å². The summed E-state index contributed by atoms with van der Waals surface area (Å²) < 4.78 is 0. The highest BCUT2D eigenvalue weighted by Gasteiger charge is 2.29. The second kappa shape index (κ2) is 43.3. The van der Waals surface area contributed by atoms with Crippen molar-refractivity contribution in [3.63, 3.8) is 0 Å². The molecular formula is C58H85N13O13. The van der Waals surface area contributed by atoms with E-state index in [2.05, 4.69) is 78.6 Å². The topological polar surface area (TPSA) is 430 Å². The summed E-state index contributed by atoms with van der Waals surface area (Å²) in [6.45, 7) is 16.0. The third-order valence-electron chi connectivity index (χ3n) is 11.0. The highest BCUT2D eigenvalue weighted by atomic mass is 16.3. The van der Waals surface area contributed by atoms with Crippen molar-refractivity contribution in [2.75, 3.05) is 51.7 Å². The number of allylic oxidation sites excluding steroid dienone is 4. The Labute approximate surface area is 490 Å². The van der Waals surface area contributed by atoms with Gasteiger partial charge in [0.2, 0.25) is 53.2 Å². The number of primary amides is 1. The molecule has 11 amide bonds. The summed E-state index contributed by atoms with van der Waals surface area (Å²) in [6.07, 6.45) is 6.11. The molecular weight excluding hydrogens is 1090 g/mol. The molecule has 26 nitrogen and oxygen atoms in total. The number of urea groups is 1. The van der Waals surface area contributed by atoms with Crippen LogP contribution in [0.3, 0.4) is 0 Å². The summed E-state index contributed by atoms with van der Waals surface area (Å²) in [5.74, 6) is -6.52. The number of nitrogens with one attached hydrogen (secondary N) is 10. The first-order chi connectivity index (χ1) is 39.9. The van der Waals surface area contributed by atoms with E-state index in [0.29, 0.717) is 42.6 Å². The van der Waals surface area contributed by atoms with Gasteiger partial charge in [-0.15, -0.1) is 6.58 Å². The van der Waals surface area contributed by atoms with E-state index in [4.69, 9.17) is 16.6 Å². The van der Waals surface area contributed by atoms with E-state index in [0.717, 1.165) is 16.8 Å². The first-order valence-corrected chi connectivity index (χ1v) is 26.7. The van der Waals surface area contributed by atoms with Crippen LogP contribution in [0.5, 0.6) is 11.5 Å². The maximum absolute atomic E-state index is 13.5. The number of unbranched alkanes of at least 4 members (excludes halogenated alkanes) is 1. The smallest absolute Gasteiger partial charge is 0.323 e. The number of phenolic OH excluding ortho intramolecular Hbond substituents is 2. The zero-order valence-electron chi connectivity index (χ0n) is 48.4. The molecule has 3 aromatic carbocycles. The molecule has 26 heteroatoms. The quantitative estimate of drug-likeness (QED) is 0.0233. The third kappa shape index (κ3) is 34.7. The second-order valence-electron chi connectivity index (χ2n) is 18.3. The molecule has 0 saturated heterocycles. The van der Waals surface area contributed by atoms with E-state index in [1.807, 2.05) is 31.2 Å². The molecule has 460 valence electrons. The summed E-state index contributed by atoms with van der Waals surface area (Å²) in [6, 6.07) is 14.1. The van der Waals surface area contributed by atoms with E-state index in [1.165, 1.54) is 50.4 Å². The number of carbonyl (C=O) groups excluding carboxylic acids is 10. The SMILES string of the molecule is C=C(C)CCC(=O)NC(CNC(C)=O)C(=O)NC(Cc1ccc(O)cc1)C(=O)NCC(=O)NC(CCCCN)C(=O)NCC(=O)NCC(=O)NC(Cc1ccc(O)cc1)C(N)=O.C=C/C=C(\C=C)NC(=O)Nc1ccc(C)cc1.CCO.CN. The molecule has 3 aromatic rings. The van der Waals surface area contributed by atoms with Gasteiger partial charge in [0.15, 0.2) is 0 Å². The number of carbonyl (C=O) groups is 10. The number of nitrogens with two attached hydrogens (primary N) is 3. The van der Waals surface area contributed by atoms with Crippen molar-refractivity contribution >= 4 is 64.9 Å². The minimum atomic E-state index is -1.32. The van der Waals surface area contributed by atoms with Crippen LogP contribution in [0.25, 0.3) is 0 Å². The predicted molar refractivity (Wildman–Crippen MR) is 320 cm³/mol. The Morgan fingerprint density at radius 3 is 1.58 bits per heavy atom. The van der Waals surface area contributed by atoms with Crippen molar-refractivity contribution in [1.29, 1.82) is 0 Å². The number of aromatic hydroxyl groups is 2. The summed E-state index contributed by atoms with van der Waals surface area (Å²) in [7, 11) is 1.50. The van der Waals surface area contributed by atoms with Crippen molar-refractivity contribution in [2.45, 2.75) is 96.8 Å². The Bertz CT molecular complexity index is 2650. The number of rotatable bonds is 31. The molecule has 0 aromatic heterocycles. The van der Waals surface area contributed by atoms with Crippen molar-refractivity contribution in [2.24, 2.45) is 17.2 Å². The predicted octanol–water partition coefficient (Wildman–Crippen LogP) is 0.223. The van der Waals surface area contributed by atoms with Crippen LogP contribution in [-0.4, -0.2) is 145 Å². The number of hydrogen-bond donors (Lipinski definition) is 16. The van der Waals surface area contributed by atoms with Gasteiger partial charge < -0.3 is 85.7 Å². The molecule has 0 saturated carbocycles. The van der Waals surface area contributed by atoms with Crippen molar-refractivity contribution in [1.82, 2.24) is 47.9 Å². The molecule has 3 rings (SSSR count).